The van der Waals surface area contributed by atoms with Crippen LogP contribution in [0.1, 0.15) is 77.6 Å². The maximum Gasteiger partial charge on any atom is 0.152 e. The van der Waals surface area contributed by atoms with E-state index in [-0.39, 0.29) is 0 Å². The Morgan fingerprint density at radius 2 is 1.39 bits per heavy atom. The first-order valence-electron chi connectivity index (χ1n) is 7.61. The van der Waals surface area contributed by atoms with Gasteiger partial charge in [-0.05, 0) is 12.8 Å². The van der Waals surface area contributed by atoms with Crippen molar-refractivity contribution in [1.82, 2.24) is 0 Å². The third kappa shape index (κ3) is 13.4. The minimum absolute atomic E-state index is 0.551. The molecule has 2 heteroatoms. The number of hydrogen-bond donors (Lipinski definition) is 1. The predicted molar refractivity (Wildman–Crippen MR) is 77.7 cm³/mol. The molecular weight excluding hydrogens is 224 g/mol. The van der Waals surface area contributed by atoms with Crippen molar-refractivity contribution in [3.05, 3.63) is 12.2 Å². The van der Waals surface area contributed by atoms with Gasteiger partial charge < -0.3 is 9.90 Å². The van der Waals surface area contributed by atoms with E-state index in [0.29, 0.717) is 6.29 Å². The van der Waals surface area contributed by atoms with E-state index in [4.69, 9.17) is 5.11 Å². The van der Waals surface area contributed by atoms with E-state index < -0.39 is 6.10 Å². The summed E-state index contributed by atoms with van der Waals surface area (Å²) in [5.74, 6) is 0. The van der Waals surface area contributed by atoms with Crippen molar-refractivity contribution >= 4 is 6.29 Å². The van der Waals surface area contributed by atoms with E-state index >= 15 is 0 Å². The molecule has 0 amide bonds. The van der Waals surface area contributed by atoms with Gasteiger partial charge in [0.2, 0.25) is 0 Å². The van der Waals surface area contributed by atoms with Crippen LogP contribution in [0.4, 0.5) is 0 Å². The molecule has 0 saturated heterocycles. The number of rotatable bonds is 13. The van der Waals surface area contributed by atoms with E-state index in [1.807, 2.05) is 6.08 Å². The number of aliphatic hydroxyl groups excluding tert-OH is 1. The van der Waals surface area contributed by atoms with Crippen LogP contribution in [-0.2, 0) is 4.79 Å². The first kappa shape index (κ1) is 17.4. The summed E-state index contributed by atoms with van der Waals surface area (Å²) in [6.07, 6.45) is 17.5. The molecule has 106 valence electrons. The van der Waals surface area contributed by atoms with Gasteiger partial charge in [-0.15, -0.1) is 0 Å². The highest BCUT2D eigenvalue weighted by Crippen LogP contribution is 2.11. The summed E-state index contributed by atoms with van der Waals surface area (Å²) >= 11 is 0. The molecule has 1 unspecified atom stereocenters. The Balaban J connectivity index is 3.07. The van der Waals surface area contributed by atoms with E-state index in [1.165, 1.54) is 57.8 Å². The fourth-order valence-electron chi connectivity index (χ4n) is 2.03. The number of carbonyl (C=O) groups is 1. The van der Waals surface area contributed by atoms with Crippen molar-refractivity contribution in [2.45, 2.75) is 83.7 Å². The van der Waals surface area contributed by atoms with Crippen LogP contribution in [0, 0.1) is 0 Å². The molecule has 0 aromatic heterocycles. The van der Waals surface area contributed by atoms with Crippen LogP contribution < -0.4 is 0 Å². The second-order valence-corrected chi connectivity index (χ2v) is 5.03. The van der Waals surface area contributed by atoms with Crippen LogP contribution in [0.15, 0.2) is 12.2 Å². The van der Waals surface area contributed by atoms with Gasteiger partial charge >= 0.3 is 0 Å². The van der Waals surface area contributed by atoms with Gasteiger partial charge in [0.25, 0.3) is 0 Å². The molecule has 0 aliphatic rings. The molecular formula is C16H30O2. The summed E-state index contributed by atoms with van der Waals surface area (Å²) in [5, 5.41) is 8.96. The minimum Gasteiger partial charge on any atom is -0.382 e. The lowest BCUT2D eigenvalue weighted by molar-refractivity contribution is -0.112. The molecule has 0 aromatic carbocycles. The molecule has 2 nitrogen and oxygen atoms in total. The van der Waals surface area contributed by atoms with Crippen LogP contribution in [0.2, 0.25) is 0 Å². The van der Waals surface area contributed by atoms with Gasteiger partial charge in [0, 0.05) is 0 Å². The number of allylic oxidation sites excluding steroid dienone is 1. The third-order valence-corrected chi connectivity index (χ3v) is 3.20. The maximum atomic E-state index is 10.1. The zero-order chi connectivity index (χ0) is 13.5. The SMILES string of the molecule is CCCCCCCCCCCC/C=C/C(O)C=O. The molecule has 0 saturated carbocycles. The number of aliphatic hydroxyl groups is 1. The number of unbranched alkanes of at least 4 members (excludes halogenated alkanes) is 10. The molecule has 0 heterocycles. The number of carbonyl (C=O) groups excluding carboxylic acids is 1. The second kappa shape index (κ2) is 14.4. The maximum absolute atomic E-state index is 10.1. The summed E-state index contributed by atoms with van der Waals surface area (Å²) in [4.78, 5) is 10.1. The monoisotopic (exact) mass is 254 g/mol. The lowest BCUT2D eigenvalue weighted by Crippen LogP contribution is -2.01. The highest BCUT2D eigenvalue weighted by atomic mass is 16.3. The molecule has 1 atom stereocenters. The van der Waals surface area contributed by atoms with Crippen molar-refractivity contribution in [2.75, 3.05) is 0 Å². The van der Waals surface area contributed by atoms with E-state index in [0.717, 1.165) is 12.8 Å². The molecule has 0 radical (unpaired) electrons. The Morgan fingerprint density at radius 3 is 1.89 bits per heavy atom. The molecule has 18 heavy (non-hydrogen) atoms. The normalized spacial score (nSPS) is 13.0. The van der Waals surface area contributed by atoms with Gasteiger partial charge in [0.1, 0.15) is 6.10 Å². The Labute approximate surface area is 112 Å². The average Bonchev–Trinajstić information content (AvgIpc) is 2.39. The molecule has 0 aliphatic heterocycles. The third-order valence-electron chi connectivity index (χ3n) is 3.20. The van der Waals surface area contributed by atoms with Gasteiger partial charge in [-0.3, -0.25) is 0 Å². The lowest BCUT2D eigenvalue weighted by Gasteiger charge is -2.01. The van der Waals surface area contributed by atoms with Crippen LogP contribution >= 0.6 is 0 Å². The number of hydrogen-bond acceptors (Lipinski definition) is 2. The van der Waals surface area contributed by atoms with Crippen LogP contribution in [0.3, 0.4) is 0 Å². The molecule has 0 aromatic rings. The molecule has 0 spiro atoms. The standard InChI is InChI=1S/C16H30O2/c1-2-3-4-5-6-7-8-9-10-11-12-13-14-16(18)15-17/h13-16,18H,2-12H2,1H3/b14-13+. The zero-order valence-electron chi connectivity index (χ0n) is 11.9. The quantitative estimate of drug-likeness (QED) is 0.300. The molecule has 0 fully saturated rings. The van der Waals surface area contributed by atoms with Crippen molar-refractivity contribution in [3.63, 3.8) is 0 Å². The first-order valence-corrected chi connectivity index (χ1v) is 7.61. The molecule has 0 bridgehead atoms. The number of aldehydes is 1. The van der Waals surface area contributed by atoms with Crippen LogP contribution in [-0.4, -0.2) is 17.5 Å². The van der Waals surface area contributed by atoms with Crippen LogP contribution in [0.5, 0.6) is 0 Å². The Kier molecular flexibility index (Phi) is 13.9. The predicted octanol–water partition coefficient (Wildman–Crippen LogP) is 4.41. The fourth-order valence-corrected chi connectivity index (χ4v) is 2.03. The highest BCUT2D eigenvalue weighted by Gasteiger charge is 1.93. The molecule has 1 N–H and O–H groups in total. The van der Waals surface area contributed by atoms with E-state index in [2.05, 4.69) is 6.92 Å². The van der Waals surface area contributed by atoms with Crippen molar-refractivity contribution < 1.29 is 9.90 Å². The summed E-state index contributed by atoms with van der Waals surface area (Å²) in [6.45, 7) is 2.25. The van der Waals surface area contributed by atoms with Gasteiger partial charge in [-0.2, -0.15) is 0 Å². The minimum atomic E-state index is -0.909. The fraction of sp³-hybridized carbons (Fsp3) is 0.812. The van der Waals surface area contributed by atoms with E-state index in [9.17, 15) is 4.79 Å². The zero-order valence-corrected chi connectivity index (χ0v) is 11.9. The Hall–Kier alpha value is -0.630. The van der Waals surface area contributed by atoms with Crippen LogP contribution in [0.25, 0.3) is 0 Å². The molecule has 0 rings (SSSR count). The molecule has 0 aliphatic carbocycles. The summed E-state index contributed by atoms with van der Waals surface area (Å²) in [6, 6.07) is 0. The summed E-state index contributed by atoms with van der Waals surface area (Å²) in [5.41, 5.74) is 0. The van der Waals surface area contributed by atoms with Crippen molar-refractivity contribution in [2.24, 2.45) is 0 Å². The Bertz CT molecular complexity index is 199. The second-order valence-electron chi connectivity index (χ2n) is 5.03. The first-order chi connectivity index (χ1) is 8.81. The summed E-state index contributed by atoms with van der Waals surface area (Å²) < 4.78 is 0. The lowest BCUT2D eigenvalue weighted by atomic mass is 10.1. The summed E-state index contributed by atoms with van der Waals surface area (Å²) in [7, 11) is 0. The van der Waals surface area contributed by atoms with Gasteiger partial charge in [0.05, 0.1) is 0 Å². The highest BCUT2D eigenvalue weighted by molar-refractivity contribution is 5.58. The topological polar surface area (TPSA) is 37.3 Å². The van der Waals surface area contributed by atoms with Crippen molar-refractivity contribution in [1.29, 1.82) is 0 Å². The smallest absolute Gasteiger partial charge is 0.152 e. The van der Waals surface area contributed by atoms with Gasteiger partial charge in [0.15, 0.2) is 6.29 Å². The van der Waals surface area contributed by atoms with Crippen molar-refractivity contribution in [3.8, 4) is 0 Å². The largest absolute Gasteiger partial charge is 0.382 e. The van der Waals surface area contributed by atoms with Gasteiger partial charge in [-0.1, -0.05) is 76.9 Å². The average molecular weight is 254 g/mol. The van der Waals surface area contributed by atoms with Gasteiger partial charge in [-0.25, -0.2) is 0 Å². The Morgan fingerprint density at radius 1 is 0.889 bits per heavy atom. The van der Waals surface area contributed by atoms with E-state index in [1.54, 1.807) is 6.08 Å².